The molecule has 1 fully saturated rings. The molecule has 1 atom stereocenters. The van der Waals surface area contributed by atoms with Crippen molar-refractivity contribution in [1.82, 2.24) is 4.90 Å². The van der Waals surface area contributed by atoms with Crippen molar-refractivity contribution in [3.63, 3.8) is 0 Å². The molecule has 3 nitrogen and oxygen atoms in total. The van der Waals surface area contributed by atoms with E-state index < -0.39 is 0 Å². The second kappa shape index (κ2) is 4.78. The first-order valence-corrected chi connectivity index (χ1v) is 5.55. The number of likely N-dealkylation sites (tertiary alicyclic amines) is 1. The maximum atomic E-state index is 11.7. The fourth-order valence-corrected chi connectivity index (χ4v) is 2.12. The third kappa shape index (κ3) is 2.27. The largest absolute Gasteiger partial charge is 0.396 e. The minimum atomic E-state index is -0.133. The van der Waals surface area contributed by atoms with Crippen molar-refractivity contribution in [3.8, 4) is 0 Å². The van der Waals surface area contributed by atoms with Gasteiger partial charge in [0.15, 0.2) is 0 Å². The van der Waals surface area contributed by atoms with Crippen LogP contribution in [0.3, 0.4) is 0 Å². The van der Waals surface area contributed by atoms with Crippen molar-refractivity contribution in [2.24, 2.45) is 0 Å². The maximum absolute atomic E-state index is 11.7. The molecule has 0 bridgehead atoms. The van der Waals surface area contributed by atoms with E-state index in [1.165, 1.54) is 0 Å². The Balaban J connectivity index is 2.70. The van der Waals surface area contributed by atoms with Crippen LogP contribution in [0.25, 0.3) is 0 Å². The summed E-state index contributed by atoms with van der Waals surface area (Å²) < 4.78 is 0. The molecule has 1 amide bonds. The number of carbonyl (C=O) groups is 1. The second-order valence-corrected chi connectivity index (χ2v) is 4.33. The van der Waals surface area contributed by atoms with Gasteiger partial charge in [-0.15, -0.1) is 0 Å². The van der Waals surface area contributed by atoms with Gasteiger partial charge in [-0.05, 0) is 32.6 Å². The van der Waals surface area contributed by atoms with Gasteiger partial charge < -0.3 is 10.0 Å². The van der Waals surface area contributed by atoms with Crippen LogP contribution in [-0.2, 0) is 4.79 Å². The molecule has 3 heteroatoms. The molecule has 0 spiro atoms. The standard InChI is InChI=1S/C11H21NO2/c1-3-11(2,7-9-13)12-8-5-4-6-10(12)14/h13H,3-9H2,1-2H3. The molecule has 0 aromatic carbocycles. The number of piperidine rings is 1. The Bertz CT molecular complexity index is 205. The van der Waals surface area contributed by atoms with Gasteiger partial charge in [0.05, 0.1) is 0 Å². The topological polar surface area (TPSA) is 40.5 Å². The zero-order chi connectivity index (χ0) is 10.6. The summed E-state index contributed by atoms with van der Waals surface area (Å²) in [4.78, 5) is 13.7. The van der Waals surface area contributed by atoms with Crippen LogP contribution >= 0.6 is 0 Å². The van der Waals surface area contributed by atoms with E-state index in [0.717, 1.165) is 25.8 Å². The van der Waals surface area contributed by atoms with Crippen LogP contribution in [0.4, 0.5) is 0 Å². The van der Waals surface area contributed by atoms with E-state index in [4.69, 9.17) is 5.11 Å². The number of rotatable bonds is 4. The van der Waals surface area contributed by atoms with Crippen LogP contribution < -0.4 is 0 Å². The molecule has 1 unspecified atom stereocenters. The summed E-state index contributed by atoms with van der Waals surface area (Å²) in [6.45, 7) is 5.18. The van der Waals surface area contributed by atoms with Gasteiger partial charge in [-0.3, -0.25) is 4.79 Å². The van der Waals surface area contributed by atoms with Crippen LogP contribution in [0.2, 0.25) is 0 Å². The quantitative estimate of drug-likeness (QED) is 0.746. The summed E-state index contributed by atoms with van der Waals surface area (Å²) in [6, 6.07) is 0. The first-order chi connectivity index (χ1) is 6.64. The van der Waals surface area contributed by atoms with Gasteiger partial charge in [0.25, 0.3) is 0 Å². The minimum absolute atomic E-state index is 0.133. The van der Waals surface area contributed by atoms with Gasteiger partial charge in [-0.1, -0.05) is 6.92 Å². The van der Waals surface area contributed by atoms with Crippen molar-refractivity contribution in [2.75, 3.05) is 13.2 Å². The monoisotopic (exact) mass is 199 g/mol. The first kappa shape index (κ1) is 11.5. The van der Waals surface area contributed by atoms with E-state index in [-0.39, 0.29) is 18.1 Å². The van der Waals surface area contributed by atoms with Crippen molar-refractivity contribution in [1.29, 1.82) is 0 Å². The predicted octanol–water partition coefficient (Wildman–Crippen LogP) is 1.55. The predicted molar refractivity (Wildman–Crippen MR) is 56.0 cm³/mol. The Kier molecular flexibility index (Phi) is 3.93. The molecule has 0 saturated carbocycles. The molecule has 0 aromatic heterocycles. The third-order valence-corrected chi connectivity index (χ3v) is 3.39. The summed E-state index contributed by atoms with van der Waals surface area (Å²) in [5, 5.41) is 9.01. The molecule has 14 heavy (non-hydrogen) atoms. The van der Waals surface area contributed by atoms with Crippen LogP contribution in [0.5, 0.6) is 0 Å². The maximum Gasteiger partial charge on any atom is 0.223 e. The molecule has 1 aliphatic rings. The number of hydrogen-bond donors (Lipinski definition) is 1. The summed E-state index contributed by atoms with van der Waals surface area (Å²) in [5.41, 5.74) is -0.133. The van der Waals surface area contributed by atoms with E-state index in [2.05, 4.69) is 13.8 Å². The fourth-order valence-electron chi connectivity index (χ4n) is 2.12. The lowest BCUT2D eigenvalue weighted by Crippen LogP contribution is -2.51. The molecule has 0 aromatic rings. The SMILES string of the molecule is CCC(C)(CCO)N1CCCCC1=O. The highest BCUT2D eigenvalue weighted by Crippen LogP contribution is 2.27. The van der Waals surface area contributed by atoms with Crippen LogP contribution in [-0.4, -0.2) is 34.6 Å². The van der Waals surface area contributed by atoms with Gasteiger partial charge in [0.2, 0.25) is 5.91 Å². The Morgan fingerprint density at radius 2 is 2.21 bits per heavy atom. The summed E-state index contributed by atoms with van der Waals surface area (Å²) in [6.07, 6.45) is 4.41. The Hall–Kier alpha value is -0.570. The Morgan fingerprint density at radius 3 is 2.71 bits per heavy atom. The smallest absolute Gasteiger partial charge is 0.223 e. The number of aliphatic hydroxyl groups is 1. The van der Waals surface area contributed by atoms with Crippen LogP contribution in [0.1, 0.15) is 46.0 Å². The van der Waals surface area contributed by atoms with Crippen molar-refractivity contribution in [3.05, 3.63) is 0 Å². The molecule has 1 rings (SSSR count). The highest BCUT2D eigenvalue weighted by atomic mass is 16.3. The highest BCUT2D eigenvalue weighted by Gasteiger charge is 2.34. The summed E-state index contributed by atoms with van der Waals surface area (Å²) in [7, 11) is 0. The molecule has 1 N–H and O–H groups in total. The second-order valence-electron chi connectivity index (χ2n) is 4.33. The Labute approximate surface area is 86.1 Å². The van der Waals surface area contributed by atoms with Crippen molar-refractivity contribution < 1.29 is 9.90 Å². The molecule has 82 valence electrons. The van der Waals surface area contributed by atoms with Gasteiger partial charge >= 0.3 is 0 Å². The third-order valence-electron chi connectivity index (χ3n) is 3.39. The van der Waals surface area contributed by atoms with E-state index in [0.29, 0.717) is 12.8 Å². The van der Waals surface area contributed by atoms with Crippen molar-refractivity contribution >= 4 is 5.91 Å². The lowest BCUT2D eigenvalue weighted by atomic mass is 9.90. The molecule has 0 radical (unpaired) electrons. The first-order valence-electron chi connectivity index (χ1n) is 5.55. The fraction of sp³-hybridized carbons (Fsp3) is 0.909. The average molecular weight is 199 g/mol. The highest BCUT2D eigenvalue weighted by molar-refractivity contribution is 5.77. The molecule has 1 saturated heterocycles. The van der Waals surface area contributed by atoms with Crippen LogP contribution in [0, 0.1) is 0 Å². The molecular weight excluding hydrogens is 178 g/mol. The van der Waals surface area contributed by atoms with Crippen molar-refractivity contribution in [2.45, 2.75) is 51.5 Å². The number of nitrogens with zero attached hydrogens (tertiary/aromatic N) is 1. The number of aliphatic hydroxyl groups excluding tert-OH is 1. The van der Waals surface area contributed by atoms with Gasteiger partial charge in [-0.2, -0.15) is 0 Å². The molecule has 0 aliphatic carbocycles. The zero-order valence-electron chi connectivity index (χ0n) is 9.25. The number of carbonyl (C=O) groups excluding carboxylic acids is 1. The van der Waals surface area contributed by atoms with E-state index in [1.807, 2.05) is 4.90 Å². The van der Waals surface area contributed by atoms with Gasteiger partial charge in [-0.25, -0.2) is 0 Å². The van der Waals surface area contributed by atoms with Gasteiger partial charge in [0, 0.05) is 25.1 Å². The molecule has 1 heterocycles. The van der Waals surface area contributed by atoms with Crippen LogP contribution in [0.15, 0.2) is 0 Å². The number of hydrogen-bond acceptors (Lipinski definition) is 2. The lowest BCUT2D eigenvalue weighted by molar-refractivity contribution is -0.140. The van der Waals surface area contributed by atoms with E-state index in [1.54, 1.807) is 0 Å². The lowest BCUT2D eigenvalue weighted by Gasteiger charge is -2.43. The number of amides is 1. The average Bonchev–Trinajstić information content (AvgIpc) is 2.18. The van der Waals surface area contributed by atoms with E-state index >= 15 is 0 Å². The summed E-state index contributed by atoms with van der Waals surface area (Å²) in [5.74, 6) is 0.258. The summed E-state index contributed by atoms with van der Waals surface area (Å²) >= 11 is 0. The molecular formula is C11H21NO2. The normalized spacial score (nSPS) is 22.2. The molecule has 1 aliphatic heterocycles. The minimum Gasteiger partial charge on any atom is -0.396 e. The Morgan fingerprint density at radius 1 is 1.50 bits per heavy atom. The van der Waals surface area contributed by atoms with E-state index in [9.17, 15) is 4.79 Å². The zero-order valence-corrected chi connectivity index (χ0v) is 9.25. The van der Waals surface area contributed by atoms with Gasteiger partial charge in [0.1, 0.15) is 0 Å².